The summed E-state index contributed by atoms with van der Waals surface area (Å²) in [5.74, 6) is -0.287. The van der Waals surface area contributed by atoms with Gasteiger partial charge in [-0.3, -0.25) is 14.6 Å². The molecular formula is C26H32FN7O3. The number of anilines is 3. The molecule has 0 radical (unpaired) electrons. The quantitative estimate of drug-likeness (QED) is 0.344. The van der Waals surface area contributed by atoms with Gasteiger partial charge in [0, 0.05) is 30.8 Å². The van der Waals surface area contributed by atoms with Gasteiger partial charge in [-0.15, -0.1) is 5.10 Å². The van der Waals surface area contributed by atoms with E-state index in [2.05, 4.69) is 31.0 Å². The van der Waals surface area contributed by atoms with Crippen LogP contribution < -0.4 is 16.0 Å². The van der Waals surface area contributed by atoms with E-state index in [1.165, 1.54) is 23.0 Å². The summed E-state index contributed by atoms with van der Waals surface area (Å²) in [5, 5.41) is 14.2. The highest BCUT2D eigenvalue weighted by Crippen LogP contribution is 2.31. The largest absolute Gasteiger partial charge is 0.466 e. The number of hydrogen-bond acceptors (Lipinski definition) is 8. The first kappa shape index (κ1) is 24.9. The van der Waals surface area contributed by atoms with Crippen LogP contribution >= 0.6 is 0 Å². The Bertz CT molecular complexity index is 1270. The minimum atomic E-state index is -0.620. The maximum atomic E-state index is 14.0. The molecule has 10 nitrogen and oxygen atoms in total. The van der Waals surface area contributed by atoms with Crippen LogP contribution in [0.15, 0.2) is 30.7 Å². The van der Waals surface area contributed by atoms with Crippen molar-refractivity contribution in [3.8, 4) is 0 Å². The topological polar surface area (TPSA) is 123 Å². The van der Waals surface area contributed by atoms with E-state index in [0.29, 0.717) is 36.5 Å². The van der Waals surface area contributed by atoms with Crippen molar-refractivity contribution in [1.29, 1.82) is 0 Å². The maximum Gasteiger partial charge on any atom is 0.306 e. The van der Waals surface area contributed by atoms with Gasteiger partial charge >= 0.3 is 5.97 Å². The molecule has 2 saturated carbocycles. The predicted octanol–water partition coefficient (Wildman–Crippen LogP) is 4.40. The summed E-state index contributed by atoms with van der Waals surface area (Å²) in [6.07, 6.45) is 11.1. The van der Waals surface area contributed by atoms with Gasteiger partial charge in [-0.2, -0.15) is 0 Å². The number of imidazole rings is 1. The van der Waals surface area contributed by atoms with Crippen molar-refractivity contribution in [2.75, 3.05) is 22.6 Å². The van der Waals surface area contributed by atoms with E-state index in [1.807, 2.05) is 13.0 Å². The zero-order valence-electron chi connectivity index (χ0n) is 20.9. The summed E-state index contributed by atoms with van der Waals surface area (Å²) in [7, 11) is 0. The number of rotatable bonds is 10. The van der Waals surface area contributed by atoms with Gasteiger partial charge in [-0.25, -0.2) is 13.9 Å². The standard InChI is InChI=1S/C26H32FN7O3/c1-2-11-37-24(35)12-16-3-5-18(6-4-16)31-23-13-21(30-17-7-8-17)25-29-15-22(34(25)33-23)26(36)32-20-9-10-28-14-19(20)27/h9-10,13-18,30H,2-8,11-12H2,1H3,(H,31,33)(H,28,32,36). The molecule has 0 aromatic carbocycles. The van der Waals surface area contributed by atoms with E-state index in [9.17, 15) is 14.0 Å². The first-order valence-electron chi connectivity index (χ1n) is 13.0. The van der Waals surface area contributed by atoms with Crippen molar-refractivity contribution in [3.05, 3.63) is 42.2 Å². The molecule has 2 aliphatic carbocycles. The van der Waals surface area contributed by atoms with Gasteiger partial charge < -0.3 is 20.7 Å². The number of fused-ring (bicyclic) bond motifs is 1. The van der Waals surface area contributed by atoms with Gasteiger partial charge in [0.2, 0.25) is 0 Å². The first-order valence-corrected chi connectivity index (χ1v) is 13.0. The predicted molar refractivity (Wildman–Crippen MR) is 137 cm³/mol. The number of halogens is 1. The van der Waals surface area contributed by atoms with Crippen molar-refractivity contribution in [2.45, 2.75) is 70.4 Å². The fraction of sp³-hybridized carbons (Fsp3) is 0.500. The highest BCUT2D eigenvalue weighted by molar-refractivity contribution is 6.03. The van der Waals surface area contributed by atoms with Crippen molar-refractivity contribution in [2.24, 2.45) is 5.92 Å². The Morgan fingerprint density at radius 3 is 2.57 bits per heavy atom. The Balaban J connectivity index is 1.30. The minimum Gasteiger partial charge on any atom is -0.466 e. The molecule has 3 aromatic heterocycles. The van der Waals surface area contributed by atoms with Gasteiger partial charge in [-0.05, 0) is 56.9 Å². The average Bonchev–Trinajstić information content (AvgIpc) is 3.60. The highest BCUT2D eigenvalue weighted by atomic mass is 19.1. The van der Waals surface area contributed by atoms with Crippen molar-refractivity contribution in [1.82, 2.24) is 19.6 Å². The van der Waals surface area contributed by atoms with Gasteiger partial charge in [-0.1, -0.05) is 6.92 Å². The number of carbonyl (C=O) groups excluding carboxylic acids is 2. The zero-order chi connectivity index (χ0) is 25.8. The molecule has 3 N–H and O–H groups in total. The normalized spacial score (nSPS) is 19.4. The van der Waals surface area contributed by atoms with Crippen LogP contribution in [-0.4, -0.2) is 50.1 Å². The van der Waals surface area contributed by atoms with Crippen LogP contribution in [0.25, 0.3) is 5.65 Å². The molecule has 0 spiro atoms. The lowest BCUT2D eigenvalue weighted by Crippen LogP contribution is -2.28. The summed E-state index contributed by atoms with van der Waals surface area (Å²) in [6.45, 7) is 2.47. The number of esters is 1. The number of nitrogens with zero attached hydrogens (tertiary/aromatic N) is 4. The number of carbonyl (C=O) groups is 2. The number of pyridine rings is 1. The SMILES string of the molecule is CCCOC(=O)CC1CCC(Nc2cc(NC3CC3)c3ncc(C(=O)Nc4ccncc4F)n3n2)CC1. The fourth-order valence-corrected chi connectivity index (χ4v) is 4.64. The lowest BCUT2D eigenvalue weighted by Gasteiger charge is -2.29. The molecule has 2 fully saturated rings. The van der Waals surface area contributed by atoms with Gasteiger partial charge in [0.05, 0.1) is 30.4 Å². The molecule has 0 unspecified atom stereocenters. The first-order chi connectivity index (χ1) is 18.0. The van der Waals surface area contributed by atoms with E-state index in [0.717, 1.165) is 56.8 Å². The van der Waals surface area contributed by atoms with Crippen LogP contribution in [0.1, 0.15) is 68.8 Å². The Morgan fingerprint density at radius 2 is 1.84 bits per heavy atom. The van der Waals surface area contributed by atoms with Crippen LogP contribution in [0.5, 0.6) is 0 Å². The molecule has 37 heavy (non-hydrogen) atoms. The van der Waals surface area contributed by atoms with E-state index in [4.69, 9.17) is 4.74 Å². The van der Waals surface area contributed by atoms with Crippen molar-refractivity contribution in [3.63, 3.8) is 0 Å². The maximum absolute atomic E-state index is 14.0. The van der Waals surface area contributed by atoms with Gasteiger partial charge in [0.15, 0.2) is 17.2 Å². The number of amides is 1. The second-order valence-corrected chi connectivity index (χ2v) is 9.84. The highest BCUT2D eigenvalue weighted by Gasteiger charge is 2.27. The third-order valence-corrected chi connectivity index (χ3v) is 6.78. The Labute approximate surface area is 214 Å². The lowest BCUT2D eigenvalue weighted by molar-refractivity contribution is -0.145. The molecule has 1 amide bonds. The number of ether oxygens (including phenoxy) is 1. The summed E-state index contributed by atoms with van der Waals surface area (Å²) < 4.78 is 20.8. The molecule has 196 valence electrons. The van der Waals surface area contributed by atoms with E-state index < -0.39 is 11.7 Å². The van der Waals surface area contributed by atoms with Gasteiger partial charge in [0.25, 0.3) is 5.91 Å². The Kier molecular flexibility index (Phi) is 7.47. The third-order valence-electron chi connectivity index (χ3n) is 6.78. The number of hydrogen-bond donors (Lipinski definition) is 3. The number of aromatic nitrogens is 4. The summed E-state index contributed by atoms with van der Waals surface area (Å²) in [5.41, 5.74) is 1.56. The van der Waals surface area contributed by atoms with Crippen LogP contribution in [0.2, 0.25) is 0 Å². The average molecular weight is 510 g/mol. The summed E-state index contributed by atoms with van der Waals surface area (Å²) in [6, 6.07) is 3.91. The van der Waals surface area contributed by atoms with Gasteiger partial charge in [0.1, 0.15) is 5.82 Å². The fourth-order valence-electron chi connectivity index (χ4n) is 4.64. The second kappa shape index (κ2) is 11.1. The van der Waals surface area contributed by atoms with Crippen LogP contribution in [-0.2, 0) is 9.53 Å². The molecule has 2 aliphatic rings. The molecule has 3 aromatic rings. The van der Waals surface area contributed by atoms with E-state index in [1.54, 1.807) is 0 Å². The lowest BCUT2D eigenvalue weighted by atomic mass is 9.84. The Morgan fingerprint density at radius 1 is 1.08 bits per heavy atom. The molecular weight excluding hydrogens is 477 g/mol. The van der Waals surface area contributed by atoms with Crippen LogP contribution in [0.4, 0.5) is 21.6 Å². The number of nitrogens with one attached hydrogen (secondary N) is 3. The molecule has 0 bridgehead atoms. The smallest absolute Gasteiger partial charge is 0.306 e. The summed E-state index contributed by atoms with van der Waals surface area (Å²) in [4.78, 5) is 33.1. The molecule has 0 aliphatic heterocycles. The van der Waals surface area contributed by atoms with E-state index >= 15 is 0 Å². The molecule has 3 heterocycles. The van der Waals surface area contributed by atoms with Crippen LogP contribution in [0, 0.1) is 11.7 Å². The van der Waals surface area contributed by atoms with Crippen molar-refractivity contribution >= 4 is 34.7 Å². The van der Waals surface area contributed by atoms with Crippen molar-refractivity contribution < 1.29 is 18.7 Å². The molecule has 5 rings (SSSR count). The third kappa shape index (κ3) is 6.15. The minimum absolute atomic E-state index is 0.0379. The summed E-state index contributed by atoms with van der Waals surface area (Å²) >= 11 is 0. The molecule has 11 heteroatoms. The Hall–Kier alpha value is -3.76. The zero-order valence-corrected chi connectivity index (χ0v) is 20.9. The monoisotopic (exact) mass is 509 g/mol. The van der Waals surface area contributed by atoms with Crippen LogP contribution in [0.3, 0.4) is 0 Å². The molecule has 0 saturated heterocycles. The van der Waals surface area contributed by atoms with E-state index in [-0.39, 0.29) is 23.4 Å². The second-order valence-electron chi connectivity index (χ2n) is 9.84. The molecule has 0 atom stereocenters.